The van der Waals surface area contributed by atoms with Gasteiger partial charge in [0.1, 0.15) is 6.61 Å². The molecule has 0 saturated carbocycles. The summed E-state index contributed by atoms with van der Waals surface area (Å²) in [7, 11) is 0. The molecule has 0 aliphatic heterocycles. The number of Topliss-reactive ketones (excluding diaryl/α,β-unsaturated/α-hetero) is 1. The van der Waals surface area contributed by atoms with Gasteiger partial charge in [-0.2, -0.15) is 0 Å². The molecule has 0 amide bonds. The Kier molecular flexibility index (Phi) is 4.55. The summed E-state index contributed by atoms with van der Waals surface area (Å²) in [4.78, 5) is 21.9. The van der Waals surface area contributed by atoms with E-state index in [1.165, 1.54) is 18.2 Å². The van der Waals surface area contributed by atoms with E-state index in [2.05, 4.69) is 0 Å². The highest BCUT2D eigenvalue weighted by Crippen LogP contribution is 2.16. The third-order valence-electron chi connectivity index (χ3n) is 2.82. The number of non-ortho nitro benzene ring substituents is 1. The molecule has 0 bridgehead atoms. The first kappa shape index (κ1) is 14.3. The molecule has 0 fully saturated rings. The Morgan fingerprint density at radius 3 is 2.67 bits per heavy atom. The van der Waals surface area contributed by atoms with Crippen LogP contribution in [0.4, 0.5) is 5.69 Å². The molecule has 18 heavy (non-hydrogen) atoms. The van der Waals surface area contributed by atoms with E-state index < -0.39 is 4.92 Å². The van der Waals surface area contributed by atoms with Crippen LogP contribution in [-0.2, 0) is 4.74 Å². The van der Waals surface area contributed by atoms with Gasteiger partial charge in [-0.1, -0.05) is 19.1 Å². The van der Waals surface area contributed by atoms with Gasteiger partial charge in [0.25, 0.3) is 5.69 Å². The van der Waals surface area contributed by atoms with Gasteiger partial charge in [-0.05, 0) is 20.3 Å². The highest BCUT2D eigenvalue weighted by Gasteiger charge is 2.18. The Labute approximate surface area is 106 Å². The fraction of sp³-hybridized carbons (Fsp3) is 0.462. The topological polar surface area (TPSA) is 69.4 Å². The third kappa shape index (κ3) is 3.92. The SMILES string of the molecule is CCC(C)(C)OCC(=O)c1cccc([N+](=O)[O-])c1. The largest absolute Gasteiger partial charge is 0.367 e. The fourth-order valence-electron chi connectivity index (χ4n) is 1.24. The van der Waals surface area contributed by atoms with Crippen LogP contribution in [0.15, 0.2) is 24.3 Å². The zero-order valence-electron chi connectivity index (χ0n) is 10.8. The Morgan fingerprint density at radius 1 is 1.44 bits per heavy atom. The number of hydrogen-bond acceptors (Lipinski definition) is 4. The molecule has 0 spiro atoms. The quantitative estimate of drug-likeness (QED) is 0.442. The van der Waals surface area contributed by atoms with E-state index in [1.807, 2.05) is 20.8 Å². The Hall–Kier alpha value is -1.75. The maximum Gasteiger partial charge on any atom is 0.270 e. The third-order valence-corrected chi connectivity index (χ3v) is 2.82. The number of nitrogens with zero attached hydrogens (tertiary/aromatic N) is 1. The van der Waals surface area contributed by atoms with E-state index in [1.54, 1.807) is 6.07 Å². The Balaban J connectivity index is 2.73. The number of ketones is 1. The number of hydrogen-bond donors (Lipinski definition) is 0. The van der Waals surface area contributed by atoms with Gasteiger partial charge in [0, 0.05) is 17.7 Å². The summed E-state index contributed by atoms with van der Waals surface area (Å²) in [5.74, 6) is -0.250. The van der Waals surface area contributed by atoms with Crippen molar-refractivity contribution in [3.8, 4) is 0 Å². The average Bonchev–Trinajstić information content (AvgIpc) is 2.36. The highest BCUT2D eigenvalue weighted by molar-refractivity contribution is 5.97. The smallest absolute Gasteiger partial charge is 0.270 e. The molecule has 5 heteroatoms. The van der Waals surface area contributed by atoms with Gasteiger partial charge in [0.15, 0.2) is 5.78 Å². The van der Waals surface area contributed by atoms with Gasteiger partial charge < -0.3 is 4.74 Å². The van der Waals surface area contributed by atoms with Crippen LogP contribution >= 0.6 is 0 Å². The van der Waals surface area contributed by atoms with Crippen molar-refractivity contribution in [3.05, 3.63) is 39.9 Å². The van der Waals surface area contributed by atoms with Crippen molar-refractivity contribution in [3.63, 3.8) is 0 Å². The lowest BCUT2D eigenvalue weighted by molar-refractivity contribution is -0.384. The zero-order chi connectivity index (χ0) is 13.8. The molecule has 1 aromatic rings. The van der Waals surface area contributed by atoms with Crippen LogP contribution in [0.25, 0.3) is 0 Å². The van der Waals surface area contributed by atoms with Gasteiger partial charge in [-0.15, -0.1) is 0 Å². The van der Waals surface area contributed by atoms with E-state index in [0.29, 0.717) is 5.56 Å². The van der Waals surface area contributed by atoms with Crippen molar-refractivity contribution in [2.45, 2.75) is 32.8 Å². The lowest BCUT2D eigenvalue weighted by Crippen LogP contribution is -2.26. The number of carbonyl (C=O) groups excluding carboxylic acids is 1. The van der Waals surface area contributed by atoms with Gasteiger partial charge in [0.05, 0.1) is 10.5 Å². The van der Waals surface area contributed by atoms with Crippen LogP contribution in [-0.4, -0.2) is 22.9 Å². The summed E-state index contributed by atoms with van der Waals surface area (Å²) < 4.78 is 5.48. The van der Waals surface area contributed by atoms with E-state index >= 15 is 0 Å². The summed E-state index contributed by atoms with van der Waals surface area (Å²) in [6.07, 6.45) is 0.787. The monoisotopic (exact) mass is 251 g/mol. The maximum absolute atomic E-state index is 11.8. The normalized spacial score (nSPS) is 11.3. The summed E-state index contributed by atoms with van der Waals surface area (Å²) in [6, 6.07) is 5.67. The summed E-state index contributed by atoms with van der Waals surface area (Å²) in [6.45, 7) is 5.70. The molecule has 0 atom stereocenters. The van der Waals surface area contributed by atoms with E-state index in [9.17, 15) is 14.9 Å². The van der Waals surface area contributed by atoms with Crippen LogP contribution in [0.1, 0.15) is 37.6 Å². The molecule has 5 nitrogen and oxygen atoms in total. The summed E-state index contributed by atoms with van der Waals surface area (Å²) in [5, 5.41) is 10.6. The molecule has 0 heterocycles. The number of nitro groups is 1. The summed E-state index contributed by atoms with van der Waals surface area (Å²) >= 11 is 0. The predicted octanol–water partition coefficient (Wildman–Crippen LogP) is 2.98. The van der Waals surface area contributed by atoms with E-state index in [0.717, 1.165) is 6.42 Å². The van der Waals surface area contributed by atoms with Crippen LogP contribution < -0.4 is 0 Å². The number of nitro benzene ring substituents is 1. The van der Waals surface area contributed by atoms with Crippen molar-refractivity contribution in [2.24, 2.45) is 0 Å². The van der Waals surface area contributed by atoms with Crippen molar-refractivity contribution in [2.75, 3.05) is 6.61 Å². The van der Waals surface area contributed by atoms with Crippen molar-refractivity contribution in [1.29, 1.82) is 0 Å². The van der Waals surface area contributed by atoms with Gasteiger partial charge in [-0.25, -0.2) is 0 Å². The average molecular weight is 251 g/mol. The van der Waals surface area contributed by atoms with E-state index in [-0.39, 0.29) is 23.7 Å². The molecule has 0 unspecified atom stereocenters. The van der Waals surface area contributed by atoms with Gasteiger partial charge in [0.2, 0.25) is 0 Å². The van der Waals surface area contributed by atoms with Crippen LogP contribution in [0, 0.1) is 10.1 Å². The van der Waals surface area contributed by atoms with Gasteiger partial charge >= 0.3 is 0 Å². The number of rotatable bonds is 6. The first-order chi connectivity index (χ1) is 8.35. The first-order valence-electron chi connectivity index (χ1n) is 5.77. The molecule has 1 aromatic carbocycles. The minimum Gasteiger partial charge on any atom is -0.367 e. The number of carbonyl (C=O) groups is 1. The Morgan fingerprint density at radius 2 is 2.11 bits per heavy atom. The first-order valence-corrected chi connectivity index (χ1v) is 5.77. The van der Waals surface area contributed by atoms with Crippen molar-refractivity contribution >= 4 is 11.5 Å². The van der Waals surface area contributed by atoms with Crippen LogP contribution in [0.2, 0.25) is 0 Å². The minimum absolute atomic E-state index is 0.0675. The lowest BCUT2D eigenvalue weighted by Gasteiger charge is -2.22. The predicted molar refractivity (Wildman–Crippen MR) is 67.7 cm³/mol. The zero-order valence-corrected chi connectivity index (χ0v) is 10.8. The molecule has 98 valence electrons. The second-order valence-corrected chi connectivity index (χ2v) is 4.63. The molecule has 0 aromatic heterocycles. The van der Waals surface area contributed by atoms with Gasteiger partial charge in [-0.3, -0.25) is 14.9 Å². The molecule has 0 N–H and O–H groups in total. The molecule has 0 radical (unpaired) electrons. The van der Waals surface area contributed by atoms with Crippen molar-refractivity contribution in [1.82, 2.24) is 0 Å². The molecule has 0 aliphatic carbocycles. The van der Waals surface area contributed by atoms with Crippen LogP contribution in [0.5, 0.6) is 0 Å². The van der Waals surface area contributed by atoms with E-state index in [4.69, 9.17) is 4.74 Å². The maximum atomic E-state index is 11.8. The number of ether oxygens (including phenoxy) is 1. The minimum atomic E-state index is -0.520. The molecule has 0 aliphatic rings. The highest BCUT2D eigenvalue weighted by atomic mass is 16.6. The van der Waals surface area contributed by atoms with Crippen LogP contribution in [0.3, 0.4) is 0 Å². The lowest BCUT2D eigenvalue weighted by atomic mass is 10.1. The Bertz CT molecular complexity index is 454. The fourth-order valence-corrected chi connectivity index (χ4v) is 1.24. The summed E-state index contributed by atoms with van der Waals surface area (Å²) in [5.41, 5.74) is -0.150. The molecule has 0 saturated heterocycles. The van der Waals surface area contributed by atoms with Crippen molar-refractivity contribution < 1.29 is 14.5 Å². The molecular weight excluding hydrogens is 234 g/mol. The second-order valence-electron chi connectivity index (χ2n) is 4.63. The molecule has 1 rings (SSSR count). The number of benzene rings is 1. The standard InChI is InChI=1S/C13H17NO4/c1-4-13(2,3)18-9-12(15)10-6-5-7-11(8-10)14(16)17/h5-8H,4,9H2,1-3H3. The molecular formula is C13H17NO4. The second kappa shape index (κ2) is 5.73.